The molecule has 0 atom stereocenters. The lowest BCUT2D eigenvalue weighted by Crippen LogP contribution is -1.76. The zero-order valence-electron chi connectivity index (χ0n) is 7.81. The lowest BCUT2D eigenvalue weighted by molar-refractivity contribution is 1.50. The average molecular weight is 232 g/mol. The van der Waals surface area contributed by atoms with Crippen LogP contribution in [0.3, 0.4) is 0 Å². The summed E-state index contributed by atoms with van der Waals surface area (Å²) in [6.07, 6.45) is 0. The summed E-state index contributed by atoms with van der Waals surface area (Å²) in [5.41, 5.74) is 7.57. The molecule has 0 aliphatic rings. The number of thiophene rings is 1. The van der Waals surface area contributed by atoms with Crippen LogP contribution in [0.15, 0.2) is 35.7 Å². The van der Waals surface area contributed by atoms with Crippen molar-refractivity contribution in [1.82, 2.24) is 4.98 Å². The van der Waals surface area contributed by atoms with Crippen LogP contribution >= 0.6 is 22.7 Å². The second kappa shape index (κ2) is 3.32. The maximum atomic E-state index is 5.70. The van der Waals surface area contributed by atoms with E-state index in [4.69, 9.17) is 5.73 Å². The topological polar surface area (TPSA) is 38.9 Å². The average Bonchev–Trinajstić information content (AvgIpc) is 2.82. The number of benzene rings is 1. The molecule has 1 aromatic carbocycles. The number of hydrogen-bond acceptors (Lipinski definition) is 4. The monoisotopic (exact) mass is 232 g/mol. The van der Waals surface area contributed by atoms with Crippen LogP contribution in [0.5, 0.6) is 0 Å². The van der Waals surface area contributed by atoms with Gasteiger partial charge in [-0.3, -0.25) is 0 Å². The minimum atomic E-state index is 0.814. The van der Waals surface area contributed by atoms with Crippen LogP contribution in [0.2, 0.25) is 0 Å². The zero-order chi connectivity index (χ0) is 10.3. The molecule has 0 bridgehead atoms. The first-order valence-electron chi connectivity index (χ1n) is 4.53. The van der Waals surface area contributed by atoms with Crippen LogP contribution in [0.4, 0.5) is 5.69 Å². The molecule has 0 spiro atoms. The number of hydrogen-bond donors (Lipinski definition) is 1. The van der Waals surface area contributed by atoms with Crippen molar-refractivity contribution in [2.75, 3.05) is 5.73 Å². The Kier molecular flexibility index (Phi) is 1.97. The smallest absolute Gasteiger partial charge is 0.134 e. The second-order valence-corrected chi connectivity index (χ2v) is 5.17. The van der Waals surface area contributed by atoms with E-state index in [0.717, 1.165) is 21.1 Å². The van der Waals surface area contributed by atoms with Gasteiger partial charge in [0.2, 0.25) is 0 Å². The van der Waals surface area contributed by atoms with Crippen LogP contribution in [0.25, 0.3) is 20.1 Å². The van der Waals surface area contributed by atoms with Crippen molar-refractivity contribution < 1.29 is 0 Å². The Morgan fingerprint density at radius 1 is 1.20 bits per heavy atom. The molecule has 0 amide bonds. The Labute approximate surface area is 95.0 Å². The zero-order valence-corrected chi connectivity index (χ0v) is 9.44. The molecule has 3 aromatic rings. The van der Waals surface area contributed by atoms with Crippen LogP contribution in [-0.2, 0) is 0 Å². The van der Waals surface area contributed by atoms with Crippen molar-refractivity contribution in [2.24, 2.45) is 0 Å². The number of anilines is 1. The SMILES string of the molecule is Nc1csc(-c2nc3ccccc3s2)c1. The second-order valence-electron chi connectivity index (χ2n) is 3.23. The fourth-order valence-electron chi connectivity index (χ4n) is 1.44. The molecular formula is C11H8N2S2. The van der Waals surface area contributed by atoms with E-state index in [-0.39, 0.29) is 0 Å². The van der Waals surface area contributed by atoms with E-state index in [9.17, 15) is 0 Å². The third kappa shape index (κ3) is 1.52. The van der Waals surface area contributed by atoms with Gasteiger partial charge in [0.25, 0.3) is 0 Å². The summed E-state index contributed by atoms with van der Waals surface area (Å²) in [5.74, 6) is 0. The molecule has 0 fully saturated rings. The summed E-state index contributed by atoms with van der Waals surface area (Å²) < 4.78 is 1.22. The number of para-hydroxylation sites is 1. The molecular weight excluding hydrogens is 224 g/mol. The number of fused-ring (bicyclic) bond motifs is 1. The first-order chi connectivity index (χ1) is 7.33. The van der Waals surface area contributed by atoms with Gasteiger partial charge in [-0.05, 0) is 18.2 Å². The van der Waals surface area contributed by atoms with Crippen molar-refractivity contribution in [3.63, 3.8) is 0 Å². The third-order valence-electron chi connectivity index (χ3n) is 2.12. The van der Waals surface area contributed by atoms with Crippen molar-refractivity contribution in [1.29, 1.82) is 0 Å². The molecule has 15 heavy (non-hydrogen) atoms. The van der Waals surface area contributed by atoms with Gasteiger partial charge in [-0.2, -0.15) is 0 Å². The van der Waals surface area contributed by atoms with Crippen LogP contribution in [0.1, 0.15) is 0 Å². The van der Waals surface area contributed by atoms with Crippen molar-refractivity contribution in [3.8, 4) is 9.88 Å². The highest BCUT2D eigenvalue weighted by Gasteiger charge is 2.07. The predicted octanol–water partition coefficient (Wildman–Crippen LogP) is 3.61. The maximum Gasteiger partial charge on any atom is 0.134 e. The van der Waals surface area contributed by atoms with Crippen molar-refractivity contribution in [2.45, 2.75) is 0 Å². The van der Waals surface area contributed by atoms with Gasteiger partial charge in [0.05, 0.1) is 15.1 Å². The Hall–Kier alpha value is -1.39. The van der Waals surface area contributed by atoms with Crippen molar-refractivity contribution >= 4 is 38.6 Å². The molecule has 4 heteroatoms. The third-order valence-corrected chi connectivity index (χ3v) is 4.28. The van der Waals surface area contributed by atoms with E-state index in [1.165, 1.54) is 4.70 Å². The number of thiazole rings is 1. The van der Waals surface area contributed by atoms with Crippen LogP contribution < -0.4 is 5.73 Å². The molecule has 0 unspecified atom stereocenters. The van der Waals surface area contributed by atoms with Gasteiger partial charge in [-0.25, -0.2) is 4.98 Å². The number of nitrogen functional groups attached to an aromatic ring is 1. The molecule has 0 saturated carbocycles. The normalized spacial score (nSPS) is 10.9. The van der Waals surface area contributed by atoms with Crippen LogP contribution in [-0.4, -0.2) is 4.98 Å². The molecule has 3 rings (SSSR count). The highest BCUT2D eigenvalue weighted by Crippen LogP contribution is 2.34. The van der Waals surface area contributed by atoms with E-state index >= 15 is 0 Å². The summed E-state index contributed by atoms with van der Waals surface area (Å²) in [4.78, 5) is 5.72. The lowest BCUT2D eigenvalue weighted by atomic mass is 10.3. The standard InChI is InChI=1S/C11H8N2S2/c12-7-5-10(14-6-7)11-13-8-3-1-2-4-9(8)15-11/h1-6H,12H2. The fourth-order valence-corrected chi connectivity index (χ4v) is 3.27. The number of nitrogens with zero attached hydrogens (tertiary/aromatic N) is 1. The molecule has 2 aromatic heterocycles. The minimum absolute atomic E-state index is 0.814. The van der Waals surface area contributed by atoms with Gasteiger partial charge < -0.3 is 5.73 Å². The lowest BCUT2D eigenvalue weighted by Gasteiger charge is -1.84. The number of aromatic nitrogens is 1. The first kappa shape index (κ1) is 8.88. The largest absolute Gasteiger partial charge is 0.398 e. The molecule has 0 saturated heterocycles. The summed E-state index contributed by atoms with van der Waals surface area (Å²) >= 11 is 3.35. The van der Waals surface area contributed by atoms with Crippen molar-refractivity contribution in [3.05, 3.63) is 35.7 Å². The van der Waals surface area contributed by atoms with E-state index in [1.54, 1.807) is 22.7 Å². The van der Waals surface area contributed by atoms with Crippen LogP contribution in [0, 0.1) is 0 Å². The first-order valence-corrected chi connectivity index (χ1v) is 6.22. The van der Waals surface area contributed by atoms with Gasteiger partial charge >= 0.3 is 0 Å². The van der Waals surface area contributed by atoms with Gasteiger partial charge in [0.15, 0.2) is 0 Å². The Bertz CT molecular complexity index is 577. The molecule has 2 nitrogen and oxygen atoms in total. The molecule has 2 N–H and O–H groups in total. The molecule has 0 aliphatic carbocycles. The van der Waals surface area contributed by atoms with E-state index < -0.39 is 0 Å². The van der Waals surface area contributed by atoms with E-state index in [0.29, 0.717) is 0 Å². The molecule has 0 radical (unpaired) electrons. The van der Waals surface area contributed by atoms with Gasteiger partial charge in [0, 0.05) is 11.1 Å². The number of nitrogens with two attached hydrogens (primary N) is 1. The van der Waals surface area contributed by atoms with Gasteiger partial charge in [-0.15, -0.1) is 22.7 Å². The van der Waals surface area contributed by atoms with E-state index in [1.807, 2.05) is 29.6 Å². The molecule has 2 heterocycles. The summed E-state index contributed by atoms with van der Waals surface area (Å²) in [7, 11) is 0. The highest BCUT2D eigenvalue weighted by molar-refractivity contribution is 7.25. The summed E-state index contributed by atoms with van der Waals surface area (Å²) in [6, 6.07) is 10.1. The Morgan fingerprint density at radius 2 is 2.07 bits per heavy atom. The Balaban J connectivity index is 2.19. The summed E-state index contributed by atoms with van der Waals surface area (Å²) in [5, 5.41) is 3.00. The minimum Gasteiger partial charge on any atom is -0.398 e. The highest BCUT2D eigenvalue weighted by atomic mass is 32.1. The predicted molar refractivity (Wildman–Crippen MR) is 67.3 cm³/mol. The fraction of sp³-hybridized carbons (Fsp3) is 0. The summed E-state index contributed by atoms with van der Waals surface area (Å²) in [6.45, 7) is 0. The number of rotatable bonds is 1. The van der Waals surface area contributed by atoms with Gasteiger partial charge in [-0.1, -0.05) is 12.1 Å². The molecule has 74 valence electrons. The molecule has 0 aliphatic heterocycles. The Morgan fingerprint density at radius 3 is 2.80 bits per heavy atom. The van der Waals surface area contributed by atoms with Gasteiger partial charge in [0.1, 0.15) is 5.01 Å². The van der Waals surface area contributed by atoms with E-state index in [2.05, 4.69) is 11.1 Å². The maximum absolute atomic E-state index is 5.70. The quantitative estimate of drug-likeness (QED) is 0.696.